The van der Waals surface area contributed by atoms with Crippen molar-refractivity contribution in [1.82, 2.24) is 0 Å². The molecule has 0 spiro atoms. The van der Waals surface area contributed by atoms with Gasteiger partial charge in [-0.25, -0.2) is 4.99 Å². The molecule has 0 aliphatic heterocycles. The van der Waals surface area contributed by atoms with Gasteiger partial charge in [0.15, 0.2) is 5.66 Å². The lowest BCUT2D eigenvalue weighted by molar-refractivity contribution is 0.354. The van der Waals surface area contributed by atoms with Gasteiger partial charge in [0.25, 0.3) is 0 Å². The van der Waals surface area contributed by atoms with Crippen LogP contribution in [-0.4, -0.2) is 16.4 Å². The van der Waals surface area contributed by atoms with Crippen LogP contribution in [0, 0.1) is 5.92 Å². The lowest BCUT2D eigenvalue weighted by Gasteiger charge is -2.21. The molecule has 0 aromatic carbocycles. The predicted octanol–water partition coefficient (Wildman–Crippen LogP) is 4.10. The smallest absolute Gasteiger partial charge is 0.177 e. The lowest BCUT2D eigenvalue weighted by Crippen LogP contribution is -2.22. The van der Waals surface area contributed by atoms with Crippen molar-refractivity contribution < 1.29 is 0 Å². The summed E-state index contributed by atoms with van der Waals surface area (Å²) in [5.74, 6) is 0.501. The van der Waals surface area contributed by atoms with Crippen LogP contribution in [0.15, 0.2) is 15.2 Å². The Morgan fingerprint density at radius 3 is 2.00 bits per heavy atom. The van der Waals surface area contributed by atoms with Crippen molar-refractivity contribution >= 4 is 17.4 Å². The van der Waals surface area contributed by atoms with Crippen molar-refractivity contribution in [2.24, 2.45) is 21.1 Å². The maximum absolute atomic E-state index is 4.64. The van der Waals surface area contributed by atoms with Crippen LogP contribution in [0.2, 0.25) is 0 Å². The second-order valence-corrected chi connectivity index (χ2v) is 5.57. The van der Waals surface area contributed by atoms with Crippen LogP contribution in [-0.2, 0) is 0 Å². The molecule has 0 radical (unpaired) electrons. The van der Waals surface area contributed by atoms with Crippen LogP contribution in [0.4, 0.5) is 0 Å². The van der Waals surface area contributed by atoms with Crippen molar-refractivity contribution in [2.75, 3.05) is 0 Å². The number of isothiocyanates is 1. The minimum atomic E-state index is -0.552. The first-order valence-corrected chi connectivity index (χ1v) is 5.62. The quantitative estimate of drug-likeness (QED) is 0.404. The van der Waals surface area contributed by atoms with Gasteiger partial charge >= 0.3 is 0 Å². The highest BCUT2D eigenvalue weighted by Crippen LogP contribution is 2.24. The summed E-state index contributed by atoms with van der Waals surface area (Å²) >= 11 is 4.64. The van der Waals surface area contributed by atoms with E-state index in [0.717, 1.165) is 6.42 Å². The Balaban J connectivity index is 4.81. The molecule has 86 valence electrons. The molecule has 4 heteroatoms. The summed E-state index contributed by atoms with van der Waals surface area (Å²) in [6.07, 6.45) is 0.830. The van der Waals surface area contributed by atoms with Gasteiger partial charge in [0.05, 0.1) is 10.7 Å². The Morgan fingerprint density at radius 1 is 1.13 bits per heavy atom. The minimum Gasteiger partial charge on any atom is -0.200 e. The zero-order valence-electron chi connectivity index (χ0n) is 10.5. The van der Waals surface area contributed by atoms with Gasteiger partial charge in [-0.1, -0.05) is 13.8 Å². The number of hydrogen-bond acceptors (Lipinski definition) is 4. The molecule has 0 saturated carbocycles. The normalized spacial score (nSPS) is 16.5. The van der Waals surface area contributed by atoms with E-state index in [0.29, 0.717) is 5.92 Å². The van der Waals surface area contributed by atoms with Crippen LogP contribution >= 0.6 is 12.2 Å². The SMILES string of the molecule is CC(C)CC(C)(N=C=S)N=NC(C)(C)C. The standard InChI is InChI=1S/C11H21N3S/c1-9(2)7-11(6,12-8-15)14-13-10(3,4)5/h9H,7H2,1-6H3. The monoisotopic (exact) mass is 227 g/mol. The van der Waals surface area contributed by atoms with Crippen LogP contribution in [0.5, 0.6) is 0 Å². The first-order chi connectivity index (χ1) is 6.68. The molecule has 0 bridgehead atoms. The van der Waals surface area contributed by atoms with Gasteiger partial charge < -0.3 is 0 Å². The van der Waals surface area contributed by atoms with Gasteiger partial charge in [-0.3, -0.25) is 0 Å². The van der Waals surface area contributed by atoms with Crippen molar-refractivity contribution in [1.29, 1.82) is 0 Å². The van der Waals surface area contributed by atoms with E-state index >= 15 is 0 Å². The zero-order valence-corrected chi connectivity index (χ0v) is 11.4. The highest BCUT2D eigenvalue weighted by Gasteiger charge is 2.24. The molecule has 1 atom stereocenters. The Hall–Kier alpha value is -0.600. The largest absolute Gasteiger partial charge is 0.200 e. The molecule has 0 N–H and O–H groups in total. The molecule has 0 amide bonds. The van der Waals surface area contributed by atoms with Crippen LogP contribution in [0.25, 0.3) is 0 Å². The maximum Gasteiger partial charge on any atom is 0.177 e. The third kappa shape index (κ3) is 7.34. The number of azo groups is 1. The Morgan fingerprint density at radius 2 is 1.67 bits per heavy atom. The summed E-state index contributed by atoms with van der Waals surface area (Å²) in [4.78, 5) is 4.10. The summed E-state index contributed by atoms with van der Waals surface area (Å²) in [5, 5.41) is 10.9. The Bertz CT molecular complexity index is 272. The van der Waals surface area contributed by atoms with E-state index in [1.165, 1.54) is 0 Å². The van der Waals surface area contributed by atoms with Gasteiger partial charge in [0.1, 0.15) is 0 Å². The molecular weight excluding hydrogens is 206 g/mol. The molecule has 0 aromatic rings. The van der Waals surface area contributed by atoms with E-state index in [9.17, 15) is 0 Å². The second kappa shape index (κ2) is 5.47. The average molecular weight is 227 g/mol. The number of rotatable bonds is 4. The third-order valence-electron chi connectivity index (χ3n) is 1.65. The van der Waals surface area contributed by atoms with Crippen molar-refractivity contribution in [3.8, 4) is 0 Å². The van der Waals surface area contributed by atoms with E-state index in [1.54, 1.807) is 0 Å². The second-order valence-electron chi connectivity index (χ2n) is 5.39. The van der Waals surface area contributed by atoms with Gasteiger partial charge in [-0.05, 0) is 52.3 Å². The van der Waals surface area contributed by atoms with Gasteiger partial charge in [0.2, 0.25) is 0 Å². The van der Waals surface area contributed by atoms with E-state index in [4.69, 9.17) is 0 Å². The molecule has 0 aromatic heterocycles. The number of hydrogen-bond donors (Lipinski definition) is 0. The average Bonchev–Trinajstić information content (AvgIpc) is 1.99. The van der Waals surface area contributed by atoms with Crippen LogP contribution < -0.4 is 0 Å². The van der Waals surface area contributed by atoms with Crippen LogP contribution in [0.1, 0.15) is 48.0 Å². The number of thiocarbonyl (C=S) groups is 1. The fourth-order valence-corrected chi connectivity index (χ4v) is 1.43. The summed E-state index contributed by atoms with van der Waals surface area (Å²) in [7, 11) is 0. The Labute approximate surface area is 98.1 Å². The Kier molecular flexibility index (Phi) is 5.26. The summed E-state index contributed by atoms with van der Waals surface area (Å²) in [5.41, 5.74) is -0.724. The fraction of sp³-hybridized carbons (Fsp3) is 0.909. The third-order valence-corrected chi connectivity index (χ3v) is 1.74. The molecule has 0 saturated heterocycles. The van der Waals surface area contributed by atoms with Crippen molar-refractivity contribution in [3.63, 3.8) is 0 Å². The predicted molar refractivity (Wildman–Crippen MR) is 67.5 cm³/mol. The zero-order chi connectivity index (χ0) is 12.1. The molecule has 0 heterocycles. The molecule has 0 fully saturated rings. The lowest BCUT2D eigenvalue weighted by atomic mass is 10.0. The summed E-state index contributed by atoms with van der Waals surface area (Å²) in [6.45, 7) is 12.2. The first kappa shape index (κ1) is 14.4. The van der Waals surface area contributed by atoms with Gasteiger partial charge in [0, 0.05) is 0 Å². The summed E-state index contributed by atoms with van der Waals surface area (Å²) in [6, 6.07) is 0. The summed E-state index contributed by atoms with van der Waals surface area (Å²) < 4.78 is 0. The number of aliphatic imine (C=N–C) groups is 1. The highest BCUT2D eigenvalue weighted by atomic mass is 32.1. The molecule has 15 heavy (non-hydrogen) atoms. The van der Waals surface area contributed by atoms with E-state index in [1.807, 2.05) is 27.7 Å². The van der Waals surface area contributed by atoms with Crippen LogP contribution in [0.3, 0.4) is 0 Å². The van der Waals surface area contributed by atoms with Crippen molar-refractivity contribution in [2.45, 2.75) is 59.2 Å². The molecular formula is C11H21N3S. The van der Waals surface area contributed by atoms with Gasteiger partial charge in [-0.15, -0.1) is 0 Å². The molecule has 0 rings (SSSR count). The molecule has 0 aliphatic carbocycles. The molecule has 1 unspecified atom stereocenters. The van der Waals surface area contributed by atoms with E-state index in [-0.39, 0.29) is 5.54 Å². The first-order valence-electron chi connectivity index (χ1n) is 5.22. The van der Waals surface area contributed by atoms with E-state index < -0.39 is 5.66 Å². The topological polar surface area (TPSA) is 37.1 Å². The minimum absolute atomic E-state index is 0.171. The van der Waals surface area contributed by atoms with Crippen molar-refractivity contribution in [3.05, 3.63) is 0 Å². The highest BCUT2D eigenvalue weighted by molar-refractivity contribution is 7.78. The fourth-order valence-electron chi connectivity index (χ4n) is 1.24. The molecule has 0 aliphatic rings. The molecule has 3 nitrogen and oxygen atoms in total. The van der Waals surface area contributed by atoms with E-state index in [2.05, 4.69) is 46.4 Å². The number of nitrogens with zero attached hydrogens (tertiary/aromatic N) is 3. The maximum atomic E-state index is 4.64. The van der Waals surface area contributed by atoms with Gasteiger partial charge in [-0.2, -0.15) is 10.2 Å².